The van der Waals surface area contributed by atoms with Crippen LogP contribution < -0.4 is 4.72 Å². The molecule has 1 N–H and O–H groups in total. The summed E-state index contributed by atoms with van der Waals surface area (Å²) in [5.74, 6) is 0. The average molecular weight is 405 g/mol. The van der Waals surface area contributed by atoms with Crippen LogP contribution >= 0.6 is 50.8 Å². The highest BCUT2D eigenvalue weighted by molar-refractivity contribution is 9.10. The molecule has 0 aliphatic carbocycles. The highest BCUT2D eigenvalue weighted by atomic mass is 79.9. The molecule has 5 heteroatoms. The molecular formula is C16H19BrClNS2. The van der Waals surface area contributed by atoms with Gasteiger partial charge in [-0.2, -0.15) is 0 Å². The minimum atomic E-state index is 0.0872. The molecule has 0 aliphatic rings. The lowest BCUT2D eigenvalue weighted by Crippen LogP contribution is -2.22. The molecule has 0 bridgehead atoms. The Morgan fingerprint density at radius 3 is 2.52 bits per heavy atom. The van der Waals surface area contributed by atoms with Crippen molar-refractivity contribution in [2.24, 2.45) is 0 Å². The molecular weight excluding hydrogens is 386 g/mol. The Bertz CT molecular complexity index is 619. The van der Waals surface area contributed by atoms with Gasteiger partial charge in [-0.05, 0) is 51.5 Å². The Morgan fingerprint density at radius 2 is 2.00 bits per heavy atom. The van der Waals surface area contributed by atoms with Gasteiger partial charge in [0.1, 0.15) is 0 Å². The lowest BCUT2D eigenvalue weighted by Gasteiger charge is -2.24. The first-order chi connectivity index (χ1) is 9.76. The van der Waals surface area contributed by atoms with Gasteiger partial charge in [-0.1, -0.05) is 51.6 Å². The average Bonchev–Trinajstić information content (AvgIpc) is 2.67. The Morgan fingerprint density at radius 1 is 1.29 bits per heavy atom. The van der Waals surface area contributed by atoms with E-state index in [9.17, 15) is 0 Å². The highest BCUT2D eigenvalue weighted by Crippen LogP contribution is 2.37. The second-order valence-electron chi connectivity index (χ2n) is 5.91. The predicted octanol–water partition coefficient (Wildman–Crippen LogP) is 6.60. The largest absolute Gasteiger partial charge is 0.252 e. The summed E-state index contributed by atoms with van der Waals surface area (Å²) in [4.78, 5) is 1.23. The number of rotatable bonds is 4. The van der Waals surface area contributed by atoms with Crippen molar-refractivity contribution in [2.75, 3.05) is 0 Å². The van der Waals surface area contributed by atoms with Crippen LogP contribution in [0.3, 0.4) is 0 Å². The van der Waals surface area contributed by atoms with E-state index in [4.69, 9.17) is 11.6 Å². The van der Waals surface area contributed by atoms with E-state index in [0.29, 0.717) is 0 Å². The van der Waals surface area contributed by atoms with Gasteiger partial charge >= 0.3 is 0 Å². The van der Waals surface area contributed by atoms with Gasteiger partial charge in [0.05, 0.1) is 10.4 Å². The van der Waals surface area contributed by atoms with Crippen LogP contribution in [0, 0.1) is 6.92 Å². The van der Waals surface area contributed by atoms with Crippen LogP contribution in [0.5, 0.6) is 0 Å². The molecule has 1 aromatic heterocycles. The molecule has 0 radical (unpaired) electrons. The smallest absolute Gasteiger partial charge is 0.0982 e. The number of hydrogen-bond donors (Lipinski definition) is 1. The fourth-order valence-corrected chi connectivity index (χ4v) is 4.38. The van der Waals surface area contributed by atoms with Gasteiger partial charge in [-0.3, -0.25) is 4.72 Å². The second-order valence-corrected chi connectivity index (χ2v) is 10.3. The summed E-state index contributed by atoms with van der Waals surface area (Å²) in [5.41, 5.74) is 2.36. The maximum atomic E-state index is 6.44. The Kier molecular flexibility index (Phi) is 5.83. The van der Waals surface area contributed by atoms with Crippen molar-refractivity contribution in [1.82, 2.24) is 4.72 Å². The van der Waals surface area contributed by atoms with Crippen LogP contribution in [0.1, 0.15) is 42.8 Å². The summed E-state index contributed by atoms with van der Waals surface area (Å²) in [7, 11) is 0. The van der Waals surface area contributed by atoms with Crippen LogP contribution in [0.25, 0.3) is 0 Å². The van der Waals surface area contributed by atoms with Gasteiger partial charge in [0.25, 0.3) is 0 Å². The van der Waals surface area contributed by atoms with Crippen molar-refractivity contribution in [3.63, 3.8) is 0 Å². The van der Waals surface area contributed by atoms with Crippen molar-refractivity contribution in [3.05, 3.63) is 55.1 Å². The van der Waals surface area contributed by atoms with Gasteiger partial charge in [-0.25, -0.2) is 0 Å². The lowest BCUT2D eigenvalue weighted by atomic mass is 10.0. The SMILES string of the molecule is Cc1cc(C(NSC(C)(C)C)c2cccc(Br)c2)c(Cl)s1. The molecule has 0 saturated heterocycles. The van der Waals surface area contributed by atoms with Crippen LogP contribution in [-0.2, 0) is 0 Å². The first kappa shape index (κ1) is 17.4. The molecule has 114 valence electrons. The summed E-state index contributed by atoms with van der Waals surface area (Å²) >= 11 is 13.4. The van der Waals surface area contributed by atoms with Crippen molar-refractivity contribution >= 4 is 50.8 Å². The van der Waals surface area contributed by atoms with Gasteiger partial charge in [0.2, 0.25) is 0 Å². The quantitative estimate of drug-likeness (QED) is 0.576. The number of hydrogen-bond acceptors (Lipinski definition) is 3. The third-order valence-electron chi connectivity index (χ3n) is 2.81. The van der Waals surface area contributed by atoms with Crippen LogP contribution in [-0.4, -0.2) is 4.75 Å². The molecule has 1 atom stereocenters. The van der Waals surface area contributed by atoms with E-state index < -0.39 is 0 Å². The Hall–Kier alpha value is -0.000000000000000139. The predicted molar refractivity (Wildman–Crippen MR) is 101 cm³/mol. The van der Waals surface area contributed by atoms with Crippen molar-refractivity contribution in [2.45, 2.75) is 38.5 Å². The lowest BCUT2D eigenvalue weighted by molar-refractivity contribution is 0.754. The first-order valence-electron chi connectivity index (χ1n) is 6.71. The summed E-state index contributed by atoms with van der Waals surface area (Å²) in [6, 6.07) is 10.6. The summed E-state index contributed by atoms with van der Waals surface area (Å²) in [6.45, 7) is 8.68. The Balaban J connectivity index is 2.37. The molecule has 21 heavy (non-hydrogen) atoms. The minimum Gasteiger partial charge on any atom is -0.252 e. The number of benzene rings is 1. The van der Waals surface area contributed by atoms with E-state index in [1.165, 1.54) is 10.4 Å². The summed E-state index contributed by atoms with van der Waals surface area (Å²) in [6.07, 6.45) is 0. The van der Waals surface area contributed by atoms with E-state index >= 15 is 0 Å². The normalized spacial score (nSPS) is 13.4. The Labute approximate surface area is 148 Å². The van der Waals surface area contributed by atoms with Gasteiger partial charge in [0, 0.05) is 19.7 Å². The molecule has 1 aromatic carbocycles. The third kappa shape index (κ3) is 5.00. The fourth-order valence-electron chi connectivity index (χ4n) is 1.94. The zero-order chi connectivity index (χ0) is 15.6. The van der Waals surface area contributed by atoms with Crippen LogP contribution in [0.4, 0.5) is 0 Å². The molecule has 1 nitrogen and oxygen atoms in total. The number of aryl methyl sites for hydroxylation is 1. The third-order valence-corrected chi connectivity index (χ3v) is 5.58. The first-order valence-corrected chi connectivity index (χ1v) is 9.51. The molecule has 0 saturated carbocycles. The zero-order valence-corrected chi connectivity index (χ0v) is 16.5. The molecule has 0 amide bonds. The number of nitrogens with one attached hydrogen (secondary N) is 1. The van der Waals surface area contributed by atoms with Gasteiger partial charge in [0.15, 0.2) is 0 Å². The van der Waals surface area contributed by atoms with Crippen LogP contribution in [0.2, 0.25) is 4.34 Å². The number of thiophene rings is 1. The topological polar surface area (TPSA) is 12.0 Å². The van der Waals surface area contributed by atoms with E-state index in [-0.39, 0.29) is 10.8 Å². The van der Waals surface area contributed by atoms with Gasteiger partial charge < -0.3 is 0 Å². The molecule has 2 rings (SSSR count). The fraction of sp³-hybridized carbons (Fsp3) is 0.375. The van der Waals surface area contributed by atoms with Crippen molar-refractivity contribution in [1.29, 1.82) is 0 Å². The zero-order valence-electron chi connectivity index (χ0n) is 12.5. The van der Waals surface area contributed by atoms with E-state index in [0.717, 1.165) is 14.4 Å². The summed E-state index contributed by atoms with van der Waals surface area (Å²) in [5, 5.41) is 0. The van der Waals surface area contributed by atoms with Crippen LogP contribution in [0.15, 0.2) is 34.8 Å². The van der Waals surface area contributed by atoms with E-state index in [1.807, 2.05) is 6.07 Å². The highest BCUT2D eigenvalue weighted by Gasteiger charge is 2.22. The van der Waals surface area contributed by atoms with E-state index in [1.54, 1.807) is 23.3 Å². The van der Waals surface area contributed by atoms with E-state index in [2.05, 4.69) is 72.6 Å². The standard InChI is InChI=1S/C16H19BrClNS2/c1-10-8-13(15(18)20-10)14(19-21-16(2,3)4)11-6-5-7-12(17)9-11/h5-9,14,19H,1-4H3. The van der Waals surface area contributed by atoms with Crippen molar-refractivity contribution in [3.8, 4) is 0 Å². The second kappa shape index (κ2) is 7.05. The molecule has 1 heterocycles. The molecule has 1 unspecified atom stereocenters. The molecule has 0 fully saturated rings. The molecule has 0 aliphatic heterocycles. The van der Waals surface area contributed by atoms with Gasteiger partial charge in [-0.15, -0.1) is 11.3 Å². The maximum Gasteiger partial charge on any atom is 0.0982 e. The molecule has 2 aromatic rings. The maximum absolute atomic E-state index is 6.44. The number of halogens is 2. The summed E-state index contributed by atoms with van der Waals surface area (Å²) < 4.78 is 5.67. The minimum absolute atomic E-state index is 0.0872. The van der Waals surface area contributed by atoms with Crippen molar-refractivity contribution < 1.29 is 0 Å². The monoisotopic (exact) mass is 403 g/mol. The molecule has 0 spiro atoms.